The molecule has 0 aliphatic heterocycles. The van der Waals surface area contributed by atoms with Crippen molar-refractivity contribution >= 4 is 21.5 Å². The van der Waals surface area contributed by atoms with Crippen LogP contribution >= 0.6 is 0 Å². The summed E-state index contributed by atoms with van der Waals surface area (Å²) in [5.41, 5.74) is 9.80. The average molecular weight is 638 g/mol. The lowest BCUT2D eigenvalue weighted by Gasteiger charge is -2.11. The highest BCUT2D eigenvalue weighted by atomic mass is 15.0. The average Bonchev–Trinajstić information content (AvgIpc) is 3.21. The Kier molecular flexibility index (Phi) is 7.49. The molecule has 50 heavy (non-hydrogen) atoms. The predicted octanol–water partition coefficient (Wildman–Crippen LogP) is 12.2. The maximum atomic E-state index is 5.05. The zero-order valence-corrected chi connectivity index (χ0v) is 27.2. The maximum Gasteiger partial charge on any atom is 0.164 e. The molecule has 0 spiro atoms. The van der Waals surface area contributed by atoms with Gasteiger partial charge in [0.1, 0.15) is 0 Å². The van der Waals surface area contributed by atoms with E-state index in [0.29, 0.717) is 17.5 Å². The Labute approximate surface area is 291 Å². The highest BCUT2D eigenvalue weighted by Gasteiger charge is 2.14. The van der Waals surface area contributed by atoms with Crippen molar-refractivity contribution in [2.75, 3.05) is 0 Å². The van der Waals surface area contributed by atoms with Crippen LogP contribution in [0.2, 0.25) is 0 Å². The third kappa shape index (κ3) is 5.82. The fourth-order valence-corrected chi connectivity index (χ4v) is 6.63. The first kappa shape index (κ1) is 29.4. The normalized spacial score (nSPS) is 11.2. The van der Waals surface area contributed by atoms with Crippen molar-refractivity contribution in [3.63, 3.8) is 0 Å². The lowest BCUT2D eigenvalue weighted by molar-refractivity contribution is 1.07. The summed E-state index contributed by atoms with van der Waals surface area (Å²) in [6.07, 6.45) is 0. The van der Waals surface area contributed by atoms with Gasteiger partial charge in [0, 0.05) is 16.7 Å². The van der Waals surface area contributed by atoms with Gasteiger partial charge in [-0.05, 0) is 85.3 Å². The van der Waals surface area contributed by atoms with Crippen LogP contribution in [0, 0.1) is 0 Å². The molecule has 9 aromatic rings. The van der Waals surface area contributed by atoms with Gasteiger partial charge in [-0.1, -0.05) is 158 Å². The molecular weight excluding hydrogens is 607 g/mol. The molecule has 0 atom stereocenters. The number of rotatable bonds is 6. The molecule has 0 aliphatic carbocycles. The molecule has 9 rings (SSSR count). The van der Waals surface area contributed by atoms with Gasteiger partial charge in [-0.2, -0.15) is 0 Å². The van der Waals surface area contributed by atoms with Crippen LogP contribution in [0.3, 0.4) is 0 Å². The van der Waals surface area contributed by atoms with Gasteiger partial charge >= 0.3 is 0 Å². The SMILES string of the molecule is c1ccc(-c2cccc(-c3nc(-c4ccccc4)nc(-c4cccc(-c5ccc6cc(-c7ccc8ccccc8c7)ccc6c5)c4)n3)c2)cc1. The quantitative estimate of drug-likeness (QED) is 0.182. The molecule has 0 saturated heterocycles. The second-order valence-electron chi connectivity index (χ2n) is 12.5. The van der Waals surface area contributed by atoms with Crippen molar-refractivity contribution in [2.24, 2.45) is 0 Å². The Hall–Kier alpha value is -6.71. The predicted molar refractivity (Wildman–Crippen MR) is 207 cm³/mol. The smallest absolute Gasteiger partial charge is 0.164 e. The van der Waals surface area contributed by atoms with Crippen molar-refractivity contribution in [1.29, 1.82) is 0 Å². The summed E-state index contributed by atoms with van der Waals surface area (Å²) < 4.78 is 0. The first-order chi connectivity index (χ1) is 24.7. The minimum atomic E-state index is 0.640. The van der Waals surface area contributed by atoms with Gasteiger partial charge in [0.25, 0.3) is 0 Å². The van der Waals surface area contributed by atoms with Gasteiger partial charge < -0.3 is 0 Å². The third-order valence-corrected chi connectivity index (χ3v) is 9.27. The number of benzene rings is 8. The largest absolute Gasteiger partial charge is 0.208 e. The highest BCUT2D eigenvalue weighted by Crippen LogP contribution is 2.33. The zero-order valence-electron chi connectivity index (χ0n) is 27.2. The van der Waals surface area contributed by atoms with E-state index in [1.807, 2.05) is 36.4 Å². The molecule has 8 aromatic carbocycles. The molecule has 0 unspecified atom stereocenters. The van der Waals surface area contributed by atoms with E-state index in [1.165, 1.54) is 32.7 Å². The number of hydrogen-bond donors (Lipinski definition) is 0. The number of hydrogen-bond acceptors (Lipinski definition) is 3. The van der Waals surface area contributed by atoms with Crippen molar-refractivity contribution in [2.45, 2.75) is 0 Å². The van der Waals surface area contributed by atoms with E-state index in [1.54, 1.807) is 0 Å². The van der Waals surface area contributed by atoms with Crippen molar-refractivity contribution in [3.05, 3.63) is 188 Å². The zero-order chi connectivity index (χ0) is 33.3. The first-order valence-electron chi connectivity index (χ1n) is 16.8. The minimum absolute atomic E-state index is 0.640. The Morgan fingerprint density at radius 1 is 0.200 bits per heavy atom. The molecule has 1 heterocycles. The molecule has 0 amide bonds. The van der Waals surface area contributed by atoms with Crippen molar-refractivity contribution in [1.82, 2.24) is 15.0 Å². The fraction of sp³-hybridized carbons (Fsp3) is 0. The Morgan fingerprint density at radius 2 is 0.540 bits per heavy atom. The Bertz CT molecular complexity index is 2650. The second kappa shape index (κ2) is 12.7. The van der Waals surface area contributed by atoms with E-state index in [2.05, 4.69) is 152 Å². The lowest BCUT2D eigenvalue weighted by atomic mass is 9.96. The van der Waals surface area contributed by atoms with E-state index in [-0.39, 0.29) is 0 Å². The monoisotopic (exact) mass is 637 g/mol. The molecule has 0 bridgehead atoms. The summed E-state index contributed by atoms with van der Waals surface area (Å²) in [4.78, 5) is 15.0. The highest BCUT2D eigenvalue weighted by molar-refractivity contribution is 5.93. The van der Waals surface area contributed by atoms with Crippen LogP contribution < -0.4 is 0 Å². The van der Waals surface area contributed by atoms with Gasteiger partial charge in [-0.15, -0.1) is 0 Å². The molecule has 3 nitrogen and oxygen atoms in total. The minimum Gasteiger partial charge on any atom is -0.208 e. The van der Waals surface area contributed by atoms with Crippen LogP contribution in [0.4, 0.5) is 0 Å². The van der Waals surface area contributed by atoms with E-state index < -0.39 is 0 Å². The summed E-state index contributed by atoms with van der Waals surface area (Å²) in [6.45, 7) is 0. The number of fused-ring (bicyclic) bond motifs is 2. The van der Waals surface area contributed by atoms with Gasteiger partial charge in [0.2, 0.25) is 0 Å². The second-order valence-corrected chi connectivity index (χ2v) is 12.5. The summed E-state index contributed by atoms with van der Waals surface area (Å²) in [5, 5.41) is 4.92. The first-order valence-corrected chi connectivity index (χ1v) is 16.8. The molecule has 0 radical (unpaired) electrons. The van der Waals surface area contributed by atoms with Crippen LogP contribution in [0.25, 0.3) is 89.1 Å². The van der Waals surface area contributed by atoms with Gasteiger partial charge in [-0.25, -0.2) is 15.0 Å². The van der Waals surface area contributed by atoms with Crippen molar-refractivity contribution < 1.29 is 0 Å². The maximum absolute atomic E-state index is 5.05. The van der Waals surface area contributed by atoms with Crippen LogP contribution in [0.5, 0.6) is 0 Å². The molecule has 234 valence electrons. The molecule has 0 N–H and O–H groups in total. The van der Waals surface area contributed by atoms with Gasteiger partial charge in [0.15, 0.2) is 17.5 Å². The Balaban J connectivity index is 1.09. The van der Waals surface area contributed by atoms with E-state index in [0.717, 1.165) is 38.9 Å². The Morgan fingerprint density at radius 3 is 1.08 bits per heavy atom. The number of aromatic nitrogens is 3. The molecule has 0 aliphatic rings. The van der Waals surface area contributed by atoms with Crippen LogP contribution in [0.1, 0.15) is 0 Å². The van der Waals surface area contributed by atoms with Gasteiger partial charge in [0.05, 0.1) is 0 Å². The lowest BCUT2D eigenvalue weighted by Crippen LogP contribution is -2.00. The molecule has 3 heteroatoms. The van der Waals surface area contributed by atoms with E-state index >= 15 is 0 Å². The van der Waals surface area contributed by atoms with Crippen molar-refractivity contribution in [3.8, 4) is 67.5 Å². The molecular formula is C47H31N3. The summed E-state index contributed by atoms with van der Waals surface area (Å²) in [7, 11) is 0. The summed E-state index contributed by atoms with van der Waals surface area (Å²) in [5.74, 6) is 1.93. The number of nitrogens with zero attached hydrogens (tertiary/aromatic N) is 3. The fourth-order valence-electron chi connectivity index (χ4n) is 6.63. The van der Waals surface area contributed by atoms with Crippen LogP contribution in [-0.4, -0.2) is 15.0 Å². The third-order valence-electron chi connectivity index (χ3n) is 9.27. The molecule has 0 saturated carbocycles. The summed E-state index contributed by atoms with van der Waals surface area (Å²) in [6, 6.07) is 66.0. The van der Waals surface area contributed by atoms with Gasteiger partial charge in [-0.3, -0.25) is 0 Å². The molecule has 0 fully saturated rings. The topological polar surface area (TPSA) is 38.7 Å². The van der Waals surface area contributed by atoms with Crippen LogP contribution in [0.15, 0.2) is 188 Å². The standard InChI is InChI=1S/C47H31N3/c1-3-11-32(12-4-1)36-17-9-19-43(30-36)46-48-45(34-14-5-2-6-15-34)49-47(50-46)44-20-10-18-37(31-44)38-23-24-42-29-41(26-25-40(42)28-38)39-22-21-33-13-7-8-16-35(33)27-39/h1-31H. The van der Waals surface area contributed by atoms with Crippen LogP contribution in [-0.2, 0) is 0 Å². The summed E-state index contributed by atoms with van der Waals surface area (Å²) >= 11 is 0. The van der Waals surface area contributed by atoms with E-state index in [9.17, 15) is 0 Å². The van der Waals surface area contributed by atoms with E-state index in [4.69, 9.17) is 15.0 Å². The molecule has 1 aromatic heterocycles.